The first-order valence-electron chi connectivity index (χ1n) is 11.0. The average Bonchev–Trinajstić information content (AvgIpc) is 3.07. The lowest BCUT2D eigenvalue weighted by Gasteiger charge is -2.35. The SMILES string of the molecule is CCc1nc(N2CCN(C(=O)Nc3ccc(C(C)C)cc3)CC2)c2c(C)c(C)sc2n1. The van der Waals surface area contributed by atoms with Crippen LogP contribution in [0.3, 0.4) is 0 Å². The molecule has 0 aliphatic carbocycles. The third kappa shape index (κ3) is 4.37. The van der Waals surface area contributed by atoms with Crippen LogP contribution < -0.4 is 10.2 Å². The van der Waals surface area contributed by atoms with E-state index in [9.17, 15) is 4.79 Å². The minimum absolute atomic E-state index is 0.0402. The lowest BCUT2D eigenvalue weighted by Crippen LogP contribution is -2.50. The Morgan fingerprint density at radius 3 is 2.39 bits per heavy atom. The van der Waals surface area contributed by atoms with Gasteiger partial charge in [0.1, 0.15) is 16.5 Å². The van der Waals surface area contributed by atoms with Gasteiger partial charge in [-0.15, -0.1) is 11.3 Å². The summed E-state index contributed by atoms with van der Waals surface area (Å²) < 4.78 is 0. The summed E-state index contributed by atoms with van der Waals surface area (Å²) >= 11 is 1.74. The van der Waals surface area contributed by atoms with Crippen molar-refractivity contribution in [3.05, 3.63) is 46.1 Å². The quantitative estimate of drug-likeness (QED) is 0.598. The van der Waals surface area contributed by atoms with E-state index >= 15 is 0 Å². The van der Waals surface area contributed by atoms with Gasteiger partial charge in [0.25, 0.3) is 0 Å². The average molecular weight is 438 g/mol. The molecule has 1 N–H and O–H groups in total. The fraction of sp³-hybridized carbons (Fsp3) is 0.458. The number of hydrogen-bond donors (Lipinski definition) is 1. The summed E-state index contributed by atoms with van der Waals surface area (Å²) in [6, 6.07) is 8.08. The highest BCUT2D eigenvalue weighted by Gasteiger charge is 2.25. The molecule has 0 radical (unpaired) electrons. The predicted octanol–water partition coefficient (Wildman–Crippen LogP) is 5.35. The molecule has 3 aromatic rings. The summed E-state index contributed by atoms with van der Waals surface area (Å²) in [4.78, 5) is 29.0. The van der Waals surface area contributed by atoms with Gasteiger partial charge in [0.2, 0.25) is 0 Å². The molecule has 0 atom stereocenters. The van der Waals surface area contributed by atoms with Crippen LogP contribution in [0.4, 0.5) is 16.3 Å². The molecule has 1 saturated heterocycles. The highest BCUT2D eigenvalue weighted by molar-refractivity contribution is 7.18. The van der Waals surface area contributed by atoms with Crippen molar-refractivity contribution in [2.45, 2.75) is 47.0 Å². The Morgan fingerprint density at radius 1 is 1.10 bits per heavy atom. The van der Waals surface area contributed by atoms with Gasteiger partial charge in [-0.05, 0) is 43.0 Å². The lowest BCUT2D eigenvalue weighted by atomic mass is 10.0. The van der Waals surface area contributed by atoms with Crippen LogP contribution in [-0.4, -0.2) is 47.1 Å². The van der Waals surface area contributed by atoms with Crippen LogP contribution >= 0.6 is 11.3 Å². The smallest absolute Gasteiger partial charge is 0.321 e. The van der Waals surface area contributed by atoms with Gasteiger partial charge in [0.05, 0.1) is 5.39 Å². The van der Waals surface area contributed by atoms with Crippen LogP contribution in [0.15, 0.2) is 24.3 Å². The first-order chi connectivity index (χ1) is 14.9. The van der Waals surface area contributed by atoms with Crippen LogP contribution in [0.1, 0.15) is 48.5 Å². The summed E-state index contributed by atoms with van der Waals surface area (Å²) in [7, 11) is 0. The minimum Gasteiger partial charge on any atom is -0.352 e. The normalized spacial score (nSPS) is 14.5. The molecular weight excluding hydrogens is 406 g/mol. The molecule has 1 aromatic carbocycles. The van der Waals surface area contributed by atoms with E-state index in [1.54, 1.807) is 11.3 Å². The van der Waals surface area contributed by atoms with Crippen LogP contribution in [0.2, 0.25) is 0 Å². The summed E-state index contributed by atoms with van der Waals surface area (Å²) in [5.41, 5.74) is 3.38. The fourth-order valence-corrected chi connectivity index (χ4v) is 4.98. The standard InChI is InChI=1S/C24H31N5OS/c1-6-20-26-22(21-16(4)17(5)31-23(21)27-20)28-11-13-29(14-12-28)24(30)25-19-9-7-18(8-10-19)15(2)3/h7-10,15H,6,11-14H2,1-5H3,(H,25,30). The molecule has 2 aromatic heterocycles. The first kappa shape index (κ1) is 21.6. The van der Waals surface area contributed by atoms with Crippen molar-refractivity contribution in [1.29, 1.82) is 0 Å². The van der Waals surface area contributed by atoms with Gasteiger partial charge in [0, 0.05) is 43.2 Å². The van der Waals surface area contributed by atoms with E-state index in [0.717, 1.165) is 41.7 Å². The molecule has 0 saturated carbocycles. The largest absolute Gasteiger partial charge is 0.352 e. The molecule has 164 valence electrons. The molecule has 0 bridgehead atoms. The zero-order valence-corrected chi connectivity index (χ0v) is 19.8. The number of urea groups is 1. The number of piperazine rings is 1. The number of anilines is 2. The molecule has 2 amide bonds. The number of aryl methyl sites for hydroxylation is 3. The maximum atomic E-state index is 12.8. The Labute approximate surface area is 188 Å². The number of carbonyl (C=O) groups excluding carboxylic acids is 1. The highest BCUT2D eigenvalue weighted by atomic mass is 32.1. The first-order valence-corrected chi connectivity index (χ1v) is 11.9. The molecule has 31 heavy (non-hydrogen) atoms. The molecule has 7 heteroatoms. The van der Waals surface area contributed by atoms with E-state index in [2.05, 4.69) is 57.0 Å². The summed E-state index contributed by atoms with van der Waals surface area (Å²) in [6.07, 6.45) is 0.816. The fourth-order valence-electron chi connectivity index (χ4n) is 3.93. The summed E-state index contributed by atoms with van der Waals surface area (Å²) in [5.74, 6) is 2.39. The van der Waals surface area contributed by atoms with Crippen molar-refractivity contribution in [2.75, 3.05) is 36.4 Å². The number of nitrogens with one attached hydrogen (secondary N) is 1. The van der Waals surface area contributed by atoms with Crippen molar-refractivity contribution in [2.24, 2.45) is 0 Å². The zero-order chi connectivity index (χ0) is 22.1. The second-order valence-corrected chi connectivity index (χ2v) is 9.66. The van der Waals surface area contributed by atoms with Gasteiger partial charge in [0.15, 0.2) is 0 Å². The van der Waals surface area contributed by atoms with Crippen molar-refractivity contribution in [3.63, 3.8) is 0 Å². The number of rotatable bonds is 4. The number of amides is 2. The van der Waals surface area contributed by atoms with E-state index in [1.165, 1.54) is 21.4 Å². The lowest BCUT2D eigenvalue weighted by molar-refractivity contribution is 0.208. The molecule has 0 unspecified atom stereocenters. The van der Waals surface area contributed by atoms with Crippen LogP contribution in [0, 0.1) is 13.8 Å². The van der Waals surface area contributed by atoms with Gasteiger partial charge >= 0.3 is 6.03 Å². The number of thiophene rings is 1. The summed E-state index contributed by atoms with van der Waals surface area (Å²) in [6.45, 7) is 13.6. The third-order valence-corrected chi connectivity index (χ3v) is 7.17. The molecule has 1 aliphatic rings. The molecule has 0 spiro atoms. The molecule has 1 aliphatic heterocycles. The van der Waals surface area contributed by atoms with Gasteiger partial charge in [-0.25, -0.2) is 14.8 Å². The number of fused-ring (bicyclic) bond motifs is 1. The van der Waals surface area contributed by atoms with Crippen LogP contribution in [0.5, 0.6) is 0 Å². The Morgan fingerprint density at radius 2 is 1.77 bits per heavy atom. The van der Waals surface area contributed by atoms with Gasteiger partial charge < -0.3 is 15.1 Å². The number of nitrogens with zero attached hydrogens (tertiary/aromatic N) is 4. The molecule has 4 rings (SSSR count). The maximum absolute atomic E-state index is 12.8. The summed E-state index contributed by atoms with van der Waals surface area (Å²) in [5, 5.41) is 4.21. The van der Waals surface area contributed by atoms with E-state index in [1.807, 2.05) is 17.0 Å². The van der Waals surface area contributed by atoms with Gasteiger partial charge in [-0.2, -0.15) is 0 Å². The molecular formula is C24H31N5OS. The molecule has 3 heterocycles. The Kier molecular flexibility index (Phi) is 6.14. The molecule has 1 fully saturated rings. The predicted molar refractivity (Wildman–Crippen MR) is 130 cm³/mol. The second kappa shape index (κ2) is 8.83. The van der Waals surface area contributed by atoms with Crippen molar-refractivity contribution >= 4 is 39.1 Å². The van der Waals surface area contributed by atoms with E-state index < -0.39 is 0 Å². The van der Waals surface area contributed by atoms with E-state index in [0.29, 0.717) is 19.0 Å². The number of carbonyl (C=O) groups is 1. The monoisotopic (exact) mass is 437 g/mol. The second-order valence-electron chi connectivity index (χ2n) is 8.46. The van der Waals surface area contributed by atoms with Crippen molar-refractivity contribution in [1.82, 2.24) is 14.9 Å². The number of hydrogen-bond acceptors (Lipinski definition) is 5. The third-order valence-electron chi connectivity index (χ3n) is 6.07. The van der Waals surface area contributed by atoms with Crippen molar-refractivity contribution < 1.29 is 4.79 Å². The topological polar surface area (TPSA) is 61.4 Å². The van der Waals surface area contributed by atoms with Crippen LogP contribution in [-0.2, 0) is 6.42 Å². The number of benzene rings is 1. The Hall–Kier alpha value is -2.67. The minimum atomic E-state index is -0.0402. The Balaban J connectivity index is 1.45. The maximum Gasteiger partial charge on any atom is 0.321 e. The van der Waals surface area contributed by atoms with Crippen molar-refractivity contribution in [3.8, 4) is 0 Å². The van der Waals surface area contributed by atoms with Gasteiger partial charge in [-0.1, -0.05) is 32.9 Å². The highest BCUT2D eigenvalue weighted by Crippen LogP contribution is 2.35. The Bertz CT molecular complexity index is 1080. The van der Waals surface area contributed by atoms with Gasteiger partial charge in [-0.3, -0.25) is 0 Å². The zero-order valence-electron chi connectivity index (χ0n) is 19.0. The van der Waals surface area contributed by atoms with Crippen LogP contribution in [0.25, 0.3) is 10.2 Å². The number of aromatic nitrogens is 2. The van der Waals surface area contributed by atoms with E-state index in [-0.39, 0.29) is 6.03 Å². The molecule has 6 nitrogen and oxygen atoms in total. The van der Waals surface area contributed by atoms with E-state index in [4.69, 9.17) is 9.97 Å².